The van der Waals surface area contributed by atoms with Crippen LogP contribution in [0.2, 0.25) is 4.34 Å². The van der Waals surface area contributed by atoms with Gasteiger partial charge in [-0.25, -0.2) is 0 Å². The van der Waals surface area contributed by atoms with Crippen LogP contribution in [0.4, 0.5) is 5.00 Å². The summed E-state index contributed by atoms with van der Waals surface area (Å²) in [5, 5.41) is 3.14. The molecule has 3 N–H and O–H groups in total. The van der Waals surface area contributed by atoms with Crippen LogP contribution in [-0.4, -0.2) is 11.8 Å². The van der Waals surface area contributed by atoms with Crippen molar-refractivity contribution in [3.05, 3.63) is 37.9 Å². The molecule has 0 unspecified atom stereocenters. The van der Waals surface area contributed by atoms with Crippen molar-refractivity contribution in [2.24, 2.45) is 5.73 Å². The van der Waals surface area contributed by atoms with Gasteiger partial charge in [0.2, 0.25) is 0 Å². The zero-order valence-electron chi connectivity index (χ0n) is 9.32. The summed E-state index contributed by atoms with van der Waals surface area (Å²) < 4.78 is 0.539. The largest absolute Gasteiger partial charge is 0.366 e. The molecule has 7 heteroatoms. The van der Waals surface area contributed by atoms with E-state index < -0.39 is 5.91 Å². The summed E-state index contributed by atoms with van der Waals surface area (Å²) in [4.78, 5) is 24.5. The topological polar surface area (TPSA) is 72.2 Å². The van der Waals surface area contributed by atoms with Crippen molar-refractivity contribution >= 4 is 51.1 Å². The molecule has 2 aromatic heterocycles. The number of hydrogen-bond acceptors (Lipinski definition) is 4. The SMILES string of the molecule is Cc1cc(C(N)=O)c(NC(=O)c2ccc(Cl)s2)s1. The number of primary amides is 1. The fraction of sp³-hybridized carbons (Fsp3) is 0.0909. The van der Waals surface area contributed by atoms with Crippen LogP contribution in [0.5, 0.6) is 0 Å². The maximum atomic E-state index is 11.9. The Bertz CT molecular complexity index is 618. The Morgan fingerprint density at radius 3 is 2.61 bits per heavy atom. The van der Waals surface area contributed by atoms with Crippen LogP contribution in [0.1, 0.15) is 24.9 Å². The first-order chi connectivity index (χ1) is 8.47. The molecule has 0 atom stereocenters. The minimum atomic E-state index is -0.557. The average molecular weight is 301 g/mol. The van der Waals surface area contributed by atoms with Crippen molar-refractivity contribution in [3.63, 3.8) is 0 Å². The Kier molecular flexibility index (Phi) is 3.70. The summed E-state index contributed by atoms with van der Waals surface area (Å²) in [5.41, 5.74) is 5.57. The lowest BCUT2D eigenvalue weighted by molar-refractivity contribution is 0.100. The molecule has 18 heavy (non-hydrogen) atoms. The molecule has 0 radical (unpaired) electrons. The first kappa shape index (κ1) is 13.1. The number of amides is 2. The second-order valence-electron chi connectivity index (χ2n) is 3.52. The van der Waals surface area contributed by atoms with E-state index in [0.29, 0.717) is 19.8 Å². The van der Waals surface area contributed by atoms with Gasteiger partial charge in [-0.3, -0.25) is 9.59 Å². The van der Waals surface area contributed by atoms with Crippen LogP contribution >= 0.6 is 34.3 Å². The molecule has 0 saturated carbocycles. The summed E-state index contributed by atoms with van der Waals surface area (Å²) in [5.74, 6) is -0.852. The molecule has 2 amide bonds. The summed E-state index contributed by atoms with van der Waals surface area (Å²) >= 11 is 8.25. The average Bonchev–Trinajstić information content (AvgIpc) is 2.85. The molecule has 2 heterocycles. The number of rotatable bonds is 3. The van der Waals surface area contributed by atoms with E-state index in [4.69, 9.17) is 17.3 Å². The fourth-order valence-corrected chi connectivity index (χ4v) is 3.24. The van der Waals surface area contributed by atoms with E-state index in [9.17, 15) is 9.59 Å². The Morgan fingerprint density at radius 1 is 1.33 bits per heavy atom. The molecule has 0 aliphatic rings. The first-order valence-corrected chi connectivity index (χ1v) is 6.95. The minimum Gasteiger partial charge on any atom is -0.366 e. The minimum absolute atomic E-state index is 0.295. The van der Waals surface area contributed by atoms with Gasteiger partial charge in [-0.1, -0.05) is 11.6 Å². The van der Waals surface area contributed by atoms with Gasteiger partial charge in [0.05, 0.1) is 14.8 Å². The normalized spacial score (nSPS) is 10.3. The number of carbonyl (C=O) groups excluding carboxylic acids is 2. The standard InChI is InChI=1S/C11H9ClN2O2S2/c1-5-4-6(9(13)15)11(17-5)14-10(16)7-2-3-8(12)18-7/h2-4H,1H3,(H2,13,15)(H,14,16). The molecule has 4 nitrogen and oxygen atoms in total. The number of aryl methyl sites for hydroxylation is 1. The molecule has 0 spiro atoms. The number of hydrogen-bond donors (Lipinski definition) is 2. The fourth-order valence-electron chi connectivity index (χ4n) is 1.39. The van der Waals surface area contributed by atoms with Gasteiger partial charge in [-0.2, -0.15) is 0 Å². The predicted octanol–water partition coefficient (Wildman–Crippen LogP) is 3.12. The summed E-state index contributed by atoms with van der Waals surface area (Å²) in [7, 11) is 0. The van der Waals surface area contributed by atoms with Crippen molar-refractivity contribution < 1.29 is 9.59 Å². The van der Waals surface area contributed by atoms with Gasteiger partial charge in [0.25, 0.3) is 11.8 Å². The highest BCUT2D eigenvalue weighted by Crippen LogP contribution is 2.29. The van der Waals surface area contributed by atoms with E-state index in [1.54, 1.807) is 18.2 Å². The summed E-state index contributed by atoms with van der Waals surface area (Å²) in [6.07, 6.45) is 0. The summed E-state index contributed by atoms with van der Waals surface area (Å²) in [6, 6.07) is 4.94. The smallest absolute Gasteiger partial charge is 0.266 e. The zero-order valence-corrected chi connectivity index (χ0v) is 11.7. The lowest BCUT2D eigenvalue weighted by atomic mass is 10.3. The van der Waals surface area contributed by atoms with Crippen molar-refractivity contribution in [2.45, 2.75) is 6.92 Å². The van der Waals surface area contributed by atoms with Gasteiger partial charge in [-0.15, -0.1) is 22.7 Å². The van der Waals surface area contributed by atoms with Gasteiger partial charge in [0, 0.05) is 4.88 Å². The molecular weight excluding hydrogens is 292 g/mol. The van der Waals surface area contributed by atoms with Crippen LogP contribution in [0, 0.1) is 6.92 Å². The molecule has 0 aromatic carbocycles. The van der Waals surface area contributed by atoms with E-state index in [1.807, 2.05) is 6.92 Å². The Balaban J connectivity index is 2.24. The molecule has 0 fully saturated rings. The molecular formula is C11H9ClN2O2S2. The lowest BCUT2D eigenvalue weighted by Crippen LogP contribution is -2.15. The maximum Gasteiger partial charge on any atom is 0.266 e. The number of carbonyl (C=O) groups is 2. The van der Waals surface area contributed by atoms with E-state index in [0.717, 1.165) is 4.88 Å². The van der Waals surface area contributed by atoms with Crippen molar-refractivity contribution in [3.8, 4) is 0 Å². The highest BCUT2D eigenvalue weighted by molar-refractivity contribution is 7.18. The molecule has 0 bridgehead atoms. The Morgan fingerprint density at radius 2 is 2.06 bits per heavy atom. The van der Waals surface area contributed by atoms with Crippen LogP contribution in [-0.2, 0) is 0 Å². The number of anilines is 1. The van der Waals surface area contributed by atoms with Crippen LogP contribution in [0.15, 0.2) is 18.2 Å². The van der Waals surface area contributed by atoms with Gasteiger partial charge in [-0.05, 0) is 25.1 Å². The third kappa shape index (κ3) is 2.72. The monoisotopic (exact) mass is 300 g/mol. The second-order valence-corrected chi connectivity index (χ2v) is 6.49. The van der Waals surface area contributed by atoms with Gasteiger partial charge >= 0.3 is 0 Å². The third-order valence-electron chi connectivity index (χ3n) is 2.14. The Hall–Kier alpha value is -1.37. The van der Waals surface area contributed by atoms with Crippen molar-refractivity contribution in [1.29, 1.82) is 0 Å². The zero-order chi connectivity index (χ0) is 13.3. The molecule has 2 rings (SSSR count). The van der Waals surface area contributed by atoms with Gasteiger partial charge in [0.1, 0.15) is 5.00 Å². The Labute approximate surface area is 116 Å². The van der Waals surface area contributed by atoms with Crippen LogP contribution in [0.3, 0.4) is 0 Å². The number of halogens is 1. The van der Waals surface area contributed by atoms with E-state index in [2.05, 4.69) is 5.32 Å². The van der Waals surface area contributed by atoms with Crippen LogP contribution < -0.4 is 11.1 Å². The number of thiophene rings is 2. The van der Waals surface area contributed by atoms with Crippen LogP contribution in [0.25, 0.3) is 0 Å². The van der Waals surface area contributed by atoms with E-state index in [1.165, 1.54) is 22.7 Å². The molecule has 2 aromatic rings. The van der Waals surface area contributed by atoms with E-state index in [-0.39, 0.29) is 5.91 Å². The number of nitrogens with one attached hydrogen (secondary N) is 1. The summed E-state index contributed by atoms with van der Waals surface area (Å²) in [6.45, 7) is 1.84. The number of nitrogens with two attached hydrogens (primary N) is 1. The highest BCUT2D eigenvalue weighted by atomic mass is 35.5. The third-order valence-corrected chi connectivity index (χ3v) is 4.34. The quantitative estimate of drug-likeness (QED) is 0.914. The molecule has 0 saturated heterocycles. The van der Waals surface area contributed by atoms with Gasteiger partial charge < -0.3 is 11.1 Å². The van der Waals surface area contributed by atoms with Crippen molar-refractivity contribution in [2.75, 3.05) is 5.32 Å². The lowest BCUT2D eigenvalue weighted by Gasteiger charge is -2.02. The van der Waals surface area contributed by atoms with Crippen molar-refractivity contribution in [1.82, 2.24) is 0 Å². The van der Waals surface area contributed by atoms with Gasteiger partial charge in [0.15, 0.2) is 0 Å². The molecule has 0 aliphatic carbocycles. The maximum absolute atomic E-state index is 11.9. The van der Waals surface area contributed by atoms with E-state index >= 15 is 0 Å². The predicted molar refractivity (Wildman–Crippen MR) is 74.9 cm³/mol. The molecule has 0 aliphatic heterocycles. The highest BCUT2D eigenvalue weighted by Gasteiger charge is 2.16. The molecule has 94 valence electrons. The second kappa shape index (κ2) is 5.09. The first-order valence-electron chi connectivity index (χ1n) is 4.94.